The standard InChI is InChI=1S/C29H27N7O15S5/c1-2-50-51-52-20-5-8-22(24(15-20)55(44,45)46)33-34-23-16-25(56(47,48)49)27(31-17-54(41,42)43)28(26(23)30)35-32-19-3-6-21(7-4-19)53(39,40)14-13-36-11-9-18(10-12-36)29(37)38/h2-12,15-16H,1,13-14,17H2,(H6-,30,31,32,33,37,38,41,42,43,44,45,46,47,48,49)/p+1. The van der Waals surface area contributed by atoms with E-state index in [2.05, 4.69) is 37.2 Å². The molecule has 1 aromatic heterocycles. The lowest BCUT2D eigenvalue weighted by atomic mass is 10.2. The minimum Gasteiger partial charge on any atom is -0.478 e. The van der Waals surface area contributed by atoms with Crippen molar-refractivity contribution in [3.8, 4) is 0 Å². The van der Waals surface area contributed by atoms with Crippen LogP contribution in [0.25, 0.3) is 0 Å². The first-order valence-electron chi connectivity index (χ1n) is 14.8. The Hall–Kier alpha value is -5.39. The van der Waals surface area contributed by atoms with Gasteiger partial charge in [0.25, 0.3) is 30.4 Å². The van der Waals surface area contributed by atoms with E-state index in [1.807, 2.05) is 0 Å². The van der Waals surface area contributed by atoms with Gasteiger partial charge in [-0.3, -0.25) is 13.7 Å². The van der Waals surface area contributed by atoms with Gasteiger partial charge in [0, 0.05) is 17.0 Å². The molecule has 56 heavy (non-hydrogen) atoms. The Labute approximate surface area is 322 Å². The Morgan fingerprint density at radius 2 is 1.46 bits per heavy atom. The van der Waals surface area contributed by atoms with Crippen LogP contribution in [0.1, 0.15) is 10.4 Å². The third kappa shape index (κ3) is 11.8. The summed E-state index contributed by atoms with van der Waals surface area (Å²) in [6, 6.07) is 11.2. The summed E-state index contributed by atoms with van der Waals surface area (Å²) in [6.45, 7) is 3.24. The Balaban J connectivity index is 1.74. The molecular formula is C29H28N7O15S5+. The van der Waals surface area contributed by atoms with E-state index in [4.69, 9.17) is 15.2 Å². The number of sulfone groups is 1. The first-order chi connectivity index (χ1) is 26.1. The van der Waals surface area contributed by atoms with Crippen molar-refractivity contribution >= 4 is 92.3 Å². The van der Waals surface area contributed by atoms with Crippen LogP contribution in [0.15, 0.2) is 126 Å². The second-order valence-electron chi connectivity index (χ2n) is 10.8. The molecule has 27 heteroatoms. The molecule has 0 unspecified atom stereocenters. The van der Waals surface area contributed by atoms with E-state index in [0.29, 0.717) is 18.1 Å². The zero-order chi connectivity index (χ0) is 41.5. The summed E-state index contributed by atoms with van der Waals surface area (Å²) in [6.07, 6.45) is 3.74. The molecule has 0 aliphatic carbocycles. The maximum Gasteiger partial charge on any atom is 0.336 e. The van der Waals surface area contributed by atoms with Crippen molar-refractivity contribution in [2.24, 2.45) is 20.5 Å². The van der Waals surface area contributed by atoms with Crippen LogP contribution < -0.4 is 15.6 Å². The molecule has 0 atom stereocenters. The zero-order valence-corrected chi connectivity index (χ0v) is 32.1. The van der Waals surface area contributed by atoms with Crippen LogP contribution in [0.4, 0.5) is 34.1 Å². The number of aromatic nitrogens is 1. The smallest absolute Gasteiger partial charge is 0.336 e. The topological polar surface area (TPSA) is 344 Å². The van der Waals surface area contributed by atoms with Crippen molar-refractivity contribution in [2.45, 2.75) is 26.1 Å². The number of carboxylic acids is 1. The van der Waals surface area contributed by atoms with Crippen molar-refractivity contribution < 1.29 is 71.0 Å². The molecule has 0 bridgehead atoms. The lowest BCUT2D eigenvalue weighted by Crippen LogP contribution is -2.36. The van der Waals surface area contributed by atoms with Crippen molar-refractivity contribution in [3.63, 3.8) is 0 Å². The number of aryl methyl sites for hydroxylation is 1. The number of nitrogens with zero attached hydrogens (tertiary/aromatic N) is 5. The molecule has 0 amide bonds. The van der Waals surface area contributed by atoms with Crippen molar-refractivity contribution in [1.82, 2.24) is 0 Å². The third-order valence-electron chi connectivity index (χ3n) is 6.92. The van der Waals surface area contributed by atoms with E-state index in [-0.39, 0.29) is 33.3 Å². The second kappa shape index (κ2) is 17.6. The molecule has 1 heterocycles. The van der Waals surface area contributed by atoms with Crippen LogP contribution in [-0.2, 0) is 56.0 Å². The fourth-order valence-electron chi connectivity index (χ4n) is 4.32. The van der Waals surface area contributed by atoms with Crippen LogP contribution in [0, 0.1) is 0 Å². The van der Waals surface area contributed by atoms with Crippen LogP contribution >= 0.6 is 12.0 Å². The Kier molecular flexibility index (Phi) is 13.6. The fraction of sp³-hybridized carbons (Fsp3) is 0.103. The highest BCUT2D eigenvalue weighted by atomic mass is 32.2. The molecule has 22 nitrogen and oxygen atoms in total. The Bertz CT molecular complexity index is 2660. The molecule has 0 aliphatic rings. The molecule has 4 rings (SSSR count). The molecule has 7 N–H and O–H groups in total. The number of azo groups is 2. The third-order valence-corrected chi connectivity index (χ3v) is 11.5. The van der Waals surface area contributed by atoms with Crippen LogP contribution in [0.5, 0.6) is 0 Å². The molecule has 0 fully saturated rings. The molecule has 0 spiro atoms. The van der Waals surface area contributed by atoms with Gasteiger partial charge in [-0.15, -0.1) is 19.7 Å². The van der Waals surface area contributed by atoms with Gasteiger partial charge >= 0.3 is 5.97 Å². The van der Waals surface area contributed by atoms with Crippen molar-refractivity contribution in [3.05, 3.63) is 91.5 Å². The number of nitrogens with two attached hydrogens (primary N) is 1. The number of hydrogen-bond acceptors (Lipinski definition) is 18. The monoisotopic (exact) mass is 874 g/mol. The van der Waals surface area contributed by atoms with Crippen molar-refractivity contribution in [1.29, 1.82) is 0 Å². The molecule has 0 saturated heterocycles. The van der Waals surface area contributed by atoms with E-state index in [1.54, 1.807) is 0 Å². The van der Waals surface area contributed by atoms with Gasteiger partial charge in [0.15, 0.2) is 28.8 Å². The summed E-state index contributed by atoms with van der Waals surface area (Å²) >= 11 is 0.531. The van der Waals surface area contributed by atoms with Gasteiger partial charge in [-0.1, -0.05) is 6.58 Å². The number of carbonyl (C=O) groups is 1. The SMILES string of the molecule is C=COOSc1ccc(N=Nc2cc(S(=O)(=O)O)c(NCS(=O)(=O)O)c(N=Nc3ccc(S(=O)(=O)CC[n+]4ccc(C(=O)O)cc4)cc3)c2N)c(S(=O)(=O)O)c1. The number of nitrogen functional groups attached to an aromatic ring is 1. The average molecular weight is 875 g/mol. The molecular weight excluding hydrogens is 847 g/mol. The van der Waals surface area contributed by atoms with Gasteiger partial charge in [-0.2, -0.15) is 30.4 Å². The highest BCUT2D eigenvalue weighted by Gasteiger charge is 2.26. The van der Waals surface area contributed by atoms with E-state index in [9.17, 15) is 52.1 Å². The summed E-state index contributed by atoms with van der Waals surface area (Å²) in [7, 11) is -19.0. The Morgan fingerprint density at radius 3 is 2.04 bits per heavy atom. The zero-order valence-electron chi connectivity index (χ0n) is 28.0. The number of anilines is 2. The van der Waals surface area contributed by atoms with Gasteiger partial charge in [0.05, 0.1) is 39.6 Å². The maximum atomic E-state index is 13.0. The number of benzene rings is 3. The molecule has 0 radical (unpaired) electrons. The van der Waals surface area contributed by atoms with E-state index in [0.717, 1.165) is 18.4 Å². The summed E-state index contributed by atoms with van der Waals surface area (Å²) in [4.78, 5) is 13.6. The van der Waals surface area contributed by atoms with E-state index < -0.39 is 90.3 Å². The number of pyridine rings is 1. The largest absolute Gasteiger partial charge is 0.478 e. The normalized spacial score (nSPS) is 12.6. The van der Waals surface area contributed by atoms with Gasteiger partial charge in [-0.25, -0.2) is 17.8 Å². The quantitative estimate of drug-likeness (QED) is 0.00927. The summed E-state index contributed by atoms with van der Waals surface area (Å²) in [5.41, 5.74) is 2.98. The molecule has 0 saturated carbocycles. The lowest BCUT2D eigenvalue weighted by Gasteiger charge is -2.15. The summed E-state index contributed by atoms with van der Waals surface area (Å²) in [5, 5.41) is 26.4. The van der Waals surface area contributed by atoms with Gasteiger partial charge in [-0.05, 0) is 48.5 Å². The van der Waals surface area contributed by atoms with Crippen LogP contribution in [0.2, 0.25) is 0 Å². The maximum absolute atomic E-state index is 13.0. The van der Waals surface area contributed by atoms with E-state index >= 15 is 0 Å². The molecule has 298 valence electrons. The second-order valence-corrected chi connectivity index (χ2v) is 17.9. The average Bonchev–Trinajstić information content (AvgIpc) is 3.11. The predicted octanol–water partition coefficient (Wildman–Crippen LogP) is 4.41. The molecule has 0 aliphatic heterocycles. The van der Waals surface area contributed by atoms with E-state index in [1.165, 1.54) is 59.4 Å². The number of hydrogen-bond donors (Lipinski definition) is 6. The highest BCUT2D eigenvalue weighted by Crippen LogP contribution is 2.45. The fourth-order valence-corrected chi connectivity index (χ4v) is 7.76. The van der Waals surface area contributed by atoms with Gasteiger partial charge in [0.1, 0.15) is 44.7 Å². The predicted molar refractivity (Wildman–Crippen MR) is 196 cm³/mol. The summed E-state index contributed by atoms with van der Waals surface area (Å²) < 4.78 is 134. The minimum atomic E-state index is -5.29. The van der Waals surface area contributed by atoms with Crippen LogP contribution in [-0.4, -0.2) is 70.0 Å². The van der Waals surface area contributed by atoms with Gasteiger partial charge < -0.3 is 21.0 Å². The number of nitrogens with one attached hydrogen (secondary N) is 1. The Morgan fingerprint density at radius 1 is 0.839 bits per heavy atom. The highest BCUT2D eigenvalue weighted by molar-refractivity contribution is 7.94. The first kappa shape index (κ1) is 43.3. The minimum absolute atomic E-state index is 0.0139. The van der Waals surface area contributed by atoms with Crippen LogP contribution in [0.3, 0.4) is 0 Å². The number of rotatable bonds is 18. The molecule has 3 aromatic carbocycles. The van der Waals surface area contributed by atoms with Gasteiger partial charge in [0.2, 0.25) is 0 Å². The molecule has 4 aromatic rings. The number of aromatic carboxylic acids is 1. The first-order valence-corrected chi connectivity index (χ1v) is 21.7. The van der Waals surface area contributed by atoms with Crippen molar-refractivity contribution in [2.75, 3.05) is 22.7 Å². The number of carboxylic acid groups (broad SMARTS) is 1. The summed E-state index contributed by atoms with van der Waals surface area (Å²) in [5.74, 6) is -2.85. The lowest BCUT2D eigenvalue weighted by molar-refractivity contribution is -0.692.